The molecule has 0 unspecified atom stereocenters. The first-order valence-corrected chi connectivity index (χ1v) is 7.16. The Hall–Kier alpha value is -2.50. The highest BCUT2D eigenvalue weighted by atomic mass is 16.5. The topological polar surface area (TPSA) is 84.3 Å². The zero-order valence-corrected chi connectivity index (χ0v) is 13.1. The minimum absolute atomic E-state index is 0.267. The number of rotatable bonds is 5. The first kappa shape index (κ1) is 15.9. The van der Waals surface area contributed by atoms with Crippen LogP contribution in [0.4, 0.5) is 0 Å². The minimum atomic E-state index is -0.424. The summed E-state index contributed by atoms with van der Waals surface area (Å²) in [4.78, 5) is 27.3. The van der Waals surface area contributed by atoms with Gasteiger partial charge in [-0.15, -0.1) is 0 Å². The van der Waals surface area contributed by atoms with Gasteiger partial charge in [0.05, 0.1) is 24.5 Å². The third-order valence-electron chi connectivity index (χ3n) is 3.46. The molecule has 0 spiro atoms. The van der Waals surface area contributed by atoms with Gasteiger partial charge in [-0.2, -0.15) is 0 Å². The van der Waals surface area contributed by atoms with E-state index in [0.29, 0.717) is 34.9 Å². The molecular weight excluding hydrogens is 284 g/mol. The van der Waals surface area contributed by atoms with Crippen LogP contribution in [-0.4, -0.2) is 23.5 Å². The summed E-state index contributed by atoms with van der Waals surface area (Å²) < 4.78 is 10.3. The standard InChI is InChI=1S/C16H20N2O4/c1-5-21-16(20)13-9(2)14(17-11(13)4)15(19)18-10(3)12-7-6-8-22-12/h6-8,10,17H,5H2,1-4H3,(H,18,19)/t10-/m0/s1. The molecule has 2 heterocycles. The van der Waals surface area contributed by atoms with Crippen molar-refractivity contribution in [1.29, 1.82) is 0 Å². The van der Waals surface area contributed by atoms with Crippen molar-refractivity contribution in [2.45, 2.75) is 33.7 Å². The highest BCUT2D eigenvalue weighted by molar-refractivity contribution is 6.00. The van der Waals surface area contributed by atoms with Crippen molar-refractivity contribution in [2.24, 2.45) is 0 Å². The summed E-state index contributed by atoms with van der Waals surface area (Å²) in [5, 5.41) is 2.83. The molecule has 0 aliphatic rings. The van der Waals surface area contributed by atoms with E-state index in [1.54, 1.807) is 39.2 Å². The number of esters is 1. The number of ether oxygens (including phenoxy) is 1. The lowest BCUT2D eigenvalue weighted by molar-refractivity contribution is 0.0525. The number of amides is 1. The second kappa shape index (κ2) is 6.51. The Labute approximate surface area is 128 Å². The van der Waals surface area contributed by atoms with E-state index >= 15 is 0 Å². The average molecular weight is 304 g/mol. The lowest BCUT2D eigenvalue weighted by Crippen LogP contribution is -2.27. The Morgan fingerprint density at radius 3 is 2.73 bits per heavy atom. The van der Waals surface area contributed by atoms with Gasteiger partial charge in [0.15, 0.2) is 0 Å². The normalized spacial score (nSPS) is 12.0. The lowest BCUT2D eigenvalue weighted by Gasteiger charge is -2.11. The zero-order chi connectivity index (χ0) is 16.3. The number of aromatic nitrogens is 1. The van der Waals surface area contributed by atoms with Gasteiger partial charge >= 0.3 is 5.97 Å². The third-order valence-corrected chi connectivity index (χ3v) is 3.46. The molecule has 2 aromatic heterocycles. The molecule has 6 nitrogen and oxygen atoms in total. The van der Waals surface area contributed by atoms with Crippen molar-refractivity contribution in [3.8, 4) is 0 Å². The number of hydrogen-bond acceptors (Lipinski definition) is 4. The van der Waals surface area contributed by atoms with E-state index in [0.717, 1.165) is 0 Å². The molecule has 0 aliphatic heterocycles. The van der Waals surface area contributed by atoms with Gasteiger partial charge in [0.1, 0.15) is 11.5 Å². The highest BCUT2D eigenvalue weighted by Gasteiger charge is 2.24. The van der Waals surface area contributed by atoms with Crippen LogP contribution < -0.4 is 5.32 Å². The quantitative estimate of drug-likeness (QED) is 0.832. The second-order valence-electron chi connectivity index (χ2n) is 5.06. The number of hydrogen-bond donors (Lipinski definition) is 2. The first-order chi connectivity index (χ1) is 10.5. The summed E-state index contributed by atoms with van der Waals surface area (Å²) in [5.74, 6) is -0.0492. The fraction of sp³-hybridized carbons (Fsp3) is 0.375. The molecule has 6 heteroatoms. The number of furan rings is 1. The molecule has 0 saturated heterocycles. The number of aromatic amines is 1. The van der Waals surface area contributed by atoms with Gasteiger partial charge in [-0.3, -0.25) is 4.79 Å². The molecule has 1 amide bonds. The smallest absolute Gasteiger partial charge is 0.340 e. The van der Waals surface area contributed by atoms with Crippen LogP contribution in [0.25, 0.3) is 0 Å². The Morgan fingerprint density at radius 2 is 2.14 bits per heavy atom. The molecule has 22 heavy (non-hydrogen) atoms. The molecule has 0 bridgehead atoms. The molecular formula is C16H20N2O4. The maximum absolute atomic E-state index is 12.4. The van der Waals surface area contributed by atoms with Gasteiger partial charge in [-0.05, 0) is 45.4 Å². The van der Waals surface area contributed by atoms with Crippen LogP contribution in [0.2, 0.25) is 0 Å². The lowest BCUT2D eigenvalue weighted by atomic mass is 10.1. The molecule has 1 atom stereocenters. The number of nitrogens with one attached hydrogen (secondary N) is 2. The van der Waals surface area contributed by atoms with Crippen molar-refractivity contribution in [1.82, 2.24) is 10.3 Å². The fourth-order valence-electron chi connectivity index (χ4n) is 2.36. The Morgan fingerprint density at radius 1 is 1.41 bits per heavy atom. The number of carbonyl (C=O) groups is 2. The fourth-order valence-corrected chi connectivity index (χ4v) is 2.36. The number of aryl methyl sites for hydroxylation is 1. The Bertz CT molecular complexity index is 671. The number of H-pyrrole nitrogens is 1. The molecule has 0 aliphatic carbocycles. The van der Waals surface area contributed by atoms with Gasteiger partial charge in [0.2, 0.25) is 0 Å². The molecule has 2 N–H and O–H groups in total. The maximum atomic E-state index is 12.4. The van der Waals surface area contributed by atoms with Crippen LogP contribution in [0, 0.1) is 13.8 Å². The average Bonchev–Trinajstić information content (AvgIpc) is 3.07. The van der Waals surface area contributed by atoms with Crippen LogP contribution in [0.1, 0.15) is 57.8 Å². The van der Waals surface area contributed by atoms with Gasteiger partial charge in [-0.25, -0.2) is 4.79 Å². The van der Waals surface area contributed by atoms with Crippen molar-refractivity contribution >= 4 is 11.9 Å². The van der Waals surface area contributed by atoms with E-state index in [1.165, 1.54) is 0 Å². The highest BCUT2D eigenvalue weighted by Crippen LogP contribution is 2.20. The SMILES string of the molecule is CCOC(=O)c1c(C)[nH]c(C(=O)N[C@@H](C)c2ccco2)c1C. The minimum Gasteiger partial charge on any atom is -0.467 e. The molecule has 0 aromatic carbocycles. The zero-order valence-electron chi connectivity index (χ0n) is 13.1. The Balaban J connectivity index is 2.20. The predicted molar refractivity (Wildman–Crippen MR) is 80.8 cm³/mol. The van der Waals surface area contributed by atoms with Gasteiger partial charge in [0.25, 0.3) is 5.91 Å². The molecule has 118 valence electrons. The monoisotopic (exact) mass is 304 g/mol. The number of carbonyl (C=O) groups excluding carboxylic acids is 2. The van der Waals surface area contributed by atoms with Crippen molar-refractivity contribution in [3.63, 3.8) is 0 Å². The van der Waals surface area contributed by atoms with Crippen molar-refractivity contribution in [3.05, 3.63) is 46.7 Å². The molecule has 0 fully saturated rings. The van der Waals surface area contributed by atoms with Crippen LogP contribution in [0.3, 0.4) is 0 Å². The summed E-state index contributed by atoms with van der Waals surface area (Å²) in [5.41, 5.74) is 1.98. The van der Waals surface area contributed by atoms with Crippen LogP contribution in [0.5, 0.6) is 0 Å². The van der Waals surface area contributed by atoms with Crippen molar-refractivity contribution < 1.29 is 18.7 Å². The van der Waals surface area contributed by atoms with E-state index in [1.807, 2.05) is 6.92 Å². The third kappa shape index (κ3) is 3.05. The van der Waals surface area contributed by atoms with Crippen LogP contribution >= 0.6 is 0 Å². The van der Waals surface area contributed by atoms with E-state index in [9.17, 15) is 9.59 Å². The molecule has 2 rings (SSSR count). The predicted octanol–water partition coefficient (Wildman–Crippen LogP) is 2.89. The van der Waals surface area contributed by atoms with Crippen molar-refractivity contribution in [2.75, 3.05) is 6.61 Å². The molecule has 2 aromatic rings. The van der Waals surface area contributed by atoms with Crippen LogP contribution in [-0.2, 0) is 4.74 Å². The van der Waals surface area contributed by atoms with E-state index in [-0.39, 0.29) is 11.9 Å². The van der Waals surface area contributed by atoms with Crippen LogP contribution in [0.15, 0.2) is 22.8 Å². The Kier molecular flexibility index (Phi) is 4.70. The first-order valence-electron chi connectivity index (χ1n) is 7.16. The van der Waals surface area contributed by atoms with E-state index < -0.39 is 5.97 Å². The van der Waals surface area contributed by atoms with E-state index in [2.05, 4.69) is 10.3 Å². The summed E-state index contributed by atoms with van der Waals surface area (Å²) >= 11 is 0. The summed E-state index contributed by atoms with van der Waals surface area (Å²) in [7, 11) is 0. The molecule has 0 saturated carbocycles. The maximum Gasteiger partial charge on any atom is 0.340 e. The summed E-state index contributed by atoms with van der Waals surface area (Å²) in [6.07, 6.45) is 1.56. The van der Waals surface area contributed by atoms with E-state index in [4.69, 9.17) is 9.15 Å². The van der Waals surface area contributed by atoms with Gasteiger partial charge in [0, 0.05) is 5.69 Å². The van der Waals surface area contributed by atoms with Gasteiger partial charge < -0.3 is 19.5 Å². The molecule has 0 radical (unpaired) electrons. The largest absolute Gasteiger partial charge is 0.467 e. The second-order valence-corrected chi connectivity index (χ2v) is 5.06. The van der Waals surface area contributed by atoms with Gasteiger partial charge in [-0.1, -0.05) is 0 Å². The summed E-state index contributed by atoms with van der Waals surface area (Å²) in [6.45, 7) is 7.33. The summed E-state index contributed by atoms with van der Waals surface area (Å²) in [6, 6.07) is 3.29.